The summed E-state index contributed by atoms with van der Waals surface area (Å²) in [6.07, 6.45) is 0. The molecule has 0 heterocycles. The second-order valence-corrected chi connectivity index (χ2v) is 17.4. The maximum Gasteiger partial charge on any atom is 3.00 e. The summed E-state index contributed by atoms with van der Waals surface area (Å²) >= 11 is 0. The predicted molar refractivity (Wildman–Crippen MR) is 226 cm³/mol. The van der Waals surface area contributed by atoms with Crippen molar-refractivity contribution in [3.8, 4) is 5.75 Å². The molecule has 0 aliphatic heterocycles. The van der Waals surface area contributed by atoms with Crippen molar-refractivity contribution < 1.29 is 115 Å². The second kappa shape index (κ2) is 25.0. The number of benzene rings is 4. The van der Waals surface area contributed by atoms with Crippen molar-refractivity contribution in [3.63, 3.8) is 0 Å². The van der Waals surface area contributed by atoms with Crippen LogP contribution in [0.4, 0.5) is 22.7 Å². The number of carboxylic acid groups (broad SMARTS) is 4. The summed E-state index contributed by atoms with van der Waals surface area (Å²) in [4.78, 5) is 58.3. The summed E-state index contributed by atoms with van der Waals surface area (Å²) in [6, 6.07) is 13.7. The van der Waals surface area contributed by atoms with Gasteiger partial charge in [0.25, 0.3) is 20.2 Å². The monoisotopic (exact) mass is 1100 g/mol. The number of fused-ring (bicyclic) bond motifs is 1. The normalized spacial score (nSPS) is 11.7. The number of carbonyl (C=O) groups excluding carboxylic acids is 4. The Kier molecular flexibility index (Phi) is 21.5. The molecule has 1 radical (unpaired) electrons. The minimum Gasteiger partial charge on any atom is -0.549 e. The number of nitrogen functional groups attached to an aromatic ring is 1. The molecule has 0 saturated heterocycles. The van der Waals surface area contributed by atoms with Gasteiger partial charge in [0.05, 0.1) is 47.8 Å². The number of anilines is 2. The molecule has 0 unspecified atom stereocenters. The molecule has 0 atom stereocenters. The summed E-state index contributed by atoms with van der Waals surface area (Å²) in [5.41, 5.74) is 9.79. The SMILES string of the molecule is Cc1ccc(N=Nc2ccc3c(S(=O)(=O)O)cc(S(=O)(=O)O)c(N)c3c2O)c(C)c1.Cc1ccc(NC(=O)CN(CCN(CCN(CC(=O)[O-])CC(=O)O)CC(=O)[O-])CC(=O)[O-])c(C)c1.[Gd+3]. The van der Waals surface area contributed by atoms with E-state index in [9.17, 15) is 70.3 Å². The van der Waals surface area contributed by atoms with E-state index in [1.807, 2.05) is 52.0 Å². The Morgan fingerprint density at radius 2 is 1.09 bits per heavy atom. The minimum atomic E-state index is -4.97. The molecule has 4 aromatic rings. The van der Waals surface area contributed by atoms with Crippen molar-refractivity contribution in [2.24, 2.45) is 10.2 Å². The molecular formula is C40H46GdN7O16S2. The van der Waals surface area contributed by atoms with E-state index in [1.165, 1.54) is 21.9 Å². The molecule has 0 spiro atoms. The summed E-state index contributed by atoms with van der Waals surface area (Å²) in [5.74, 6) is -6.79. The molecule has 26 heteroatoms. The number of azo groups is 1. The summed E-state index contributed by atoms with van der Waals surface area (Å²) in [5, 5.41) is 62.6. The maximum absolute atomic E-state index is 12.5. The van der Waals surface area contributed by atoms with Gasteiger partial charge >= 0.3 is 45.9 Å². The first-order valence-electron chi connectivity index (χ1n) is 19.0. The van der Waals surface area contributed by atoms with Gasteiger partial charge in [-0.05, 0) is 63.1 Å². The van der Waals surface area contributed by atoms with Crippen LogP contribution in [0.1, 0.15) is 22.3 Å². The van der Waals surface area contributed by atoms with E-state index in [1.54, 1.807) is 12.1 Å². The Bertz CT molecular complexity index is 2700. The number of aliphatic carboxylic acids is 4. The zero-order chi connectivity index (χ0) is 49.0. The van der Waals surface area contributed by atoms with Gasteiger partial charge in [-0.3, -0.25) is 33.4 Å². The van der Waals surface area contributed by atoms with E-state index < -0.39 is 103 Å². The van der Waals surface area contributed by atoms with Crippen LogP contribution in [0, 0.1) is 67.6 Å². The van der Waals surface area contributed by atoms with Crippen LogP contribution in [0.5, 0.6) is 5.75 Å². The molecule has 1 amide bonds. The van der Waals surface area contributed by atoms with E-state index in [0.717, 1.165) is 27.2 Å². The number of rotatable bonds is 21. The van der Waals surface area contributed by atoms with Crippen molar-refractivity contribution >= 4 is 83.5 Å². The van der Waals surface area contributed by atoms with Crippen LogP contribution >= 0.6 is 0 Å². The van der Waals surface area contributed by atoms with Gasteiger partial charge in [0.1, 0.15) is 15.5 Å². The molecule has 23 nitrogen and oxygen atoms in total. The third-order valence-electron chi connectivity index (χ3n) is 9.30. The van der Waals surface area contributed by atoms with Gasteiger partial charge < -0.3 is 51.0 Å². The van der Waals surface area contributed by atoms with Gasteiger partial charge in [-0.25, -0.2) is 0 Å². The molecule has 4 rings (SSSR count). The Balaban J connectivity index is 0.000000451. The van der Waals surface area contributed by atoms with Crippen LogP contribution in [-0.2, 0) is 44.2 Å². The molecule has 0 aromatic heterocycles. The Morgan fingerprint density at radius 1 is 0.636 bits per heavy atom. The van der Waals surface area contributed by atoms with Crippen molar-refractivity contribution in [2.75, 3.05) is 70.0 Å². The number of hydrogen-bond donors (Lipinski definition) is 6. The average molecular weight is 1100 g/mol. The number of nitrogens with two attached hydrogens (primary N) is 1. The number of amides is 1. The maximum atomic E-state index is 12.5. The Hall–Kier alpha value is -5.29. The third-order valence-corrected chi connectivity index (χ3v) is 11.1. The first kappa shape index (κ1) is 56.8. The quantitative estimate of drug-likeness (QED) is 0.0336. The average Bonchev–Trinajstić information content (AvgIpc) is 3.15. The molecule has 0 saturated carbocycles. The summed E-state index contributed by atoms with van der Waals surface area (Å²) in [7, 11) is -9.89. The van der Waals surface area contributed by atoms with Crippen LogP contribution in [0.15, 0.2) is 74.6 Å². The van der Waals surface area contributed by atoms with Crippen LogP contribution in [0.3, 0.4) is 0 Å². The first-order valence-corrected chi connectivity index (χ1v) is 21.9. The van der Waals surface area contributed by atoms with Crippen molar-refractivity contribution in [1.82, 2.24) is 14.7 Å². The van der Waals surface area contributed by atoms with Gasteiger partial charge in [0.2, 0.25) is 5.91 Å². The van der Waals surface area contributed by atoms with Crippen molar-refractivity contribution in [2.45, 2.75) is 37.5 Å². The van der Waals surface area contributed by atoms with Gasteiger partial charge in [0, 0.05) is 56.9 Å². The number of phenols is 1. The molecular weight excluding hydrogens is 1060 g/mol. The Morgan fingerprint density at radius 3 is 1.58 bits per heavy atom. The van der Waals surface area contributed by atoms with Crippen LogP contribution in [0.25, 0.3) is 10.8 Å². The number of nitrogens with one attached hydrogen (secondary N) is 1. The molecule has 0 fully saturated rings. The van der Waals surface area contributed by atoms with Crippen molar-refractivity contribution in [1.29, 1.82) is 0 Å². The van der Waals surface area contributed by atoms with E-state index in [4.69, 9.17) is 10.8 Å². The first-order chi connectivity index (χ1) is 30.2. The topological polar surface area (TPSA) is 376 Å². The fourth-order valence-corrected chi connectivity index (χ4v) is 7.77. The van der Waals surface area contributed by atoms with E-state index in [0.29, 0.717) is 17.4 Å². The minimum absolute atomic E-state index is 0. The number of hydrogen-bond acceptors (Lipinski definition) is 19. The number of carboxylic acids is 4. The zero-order valence-corrected chi connectivity index (χ0v) is 39.6. The number of nitrogens with zero attached hydrogens (tertiary/aromatic N) is 5. The van der Waals surface area contributed by atoms with E-state index in [-0.39, 0.29) is 83.7 Å². The Labute approximate surface area is 411 Å². The molecule has 7 N–H and O–H groups in total. The van der Waals surface area contributed by atoms with Crippen LogP contribution in [-0.4, -0.2) is 140 Å². The molecule has 0 bridgehead atoms. The third kappa shape index (κ3) is 17.8. The molecule has 0 aliphatic rings. The van der Waals surface area contributed by atoms with Gasteiger partial charge in [-0.15, -0.1) is 5.11 Å². The zero-order valence-electron chi connectivity index (χ0n) is 35.7. The molecule has 66 heavy (non-hydrogen) atoms. The predicted octanol–water partition coefficient (Wildman–Crippen LogP) is -0.865. The fourth-order valence-electron chi connectivity index (χ4n) is 6.34. The van der Waals surface area contributed by atoms with Crippen LogP contribution < -0.4 is 26.4 Å². The standard InChI is InChI=1S/C22H32N4O9.C18H17N3O7S2.Gd/c1-15-3-4-17(16(2)9-15)23-18(27)10-25(12-20(30)31)7-5-24(11-19(28)29)6-8-26(13-21(32)33)14-22(34)35;1-9-3-5-12(10(2)7-9)20-21-13-6-4-11-14(29(23,24)25)8-15(30(26,27)28)17(19)16(11)18(13)22;/h3-4,9H,5-8,10-14H2,1-2H3,(H,23,27)(H,28,29)(H,30,31)(H,32,33)(H,34,35);3-8,22H,19H2,1-2H3,(H,23,24,25)(H,26,27,28);/q;;+3/p-3. The number of phenolic OH excluding ortho intramolecular Hbond substituents is 1. The van der Waals surface area contributed by atoms with Gasteiger partial charge in [0.15, 0.2) is 5.75 Å². The molecule has 0 aliphatic carbocycles. The number of carbonyl (C=O) groups is 5. The summed E-state index contributed by atoms with van der Waals surface area (Å²) in [6.45, 7) is 4.48. The number of aromatic hydroxyl groups is 1. The van der Waals surface area contributed by atoms with Gasteiger partial charge in [-0.1, -0.05) is 41.5 Å². The smallest absolute Gasteiger partial charge is 0.549 e. The van der Waals surface area contributed by atoms with Crippen LogP contribution in [0.2, 0.25) is 0 Å². The fraction of sp³-hybridized carbons (Fsp3) is 0.325. The van der Waals surface area contributed by atoms with Crippen molar-refractivity contribution in [3.05, 3.63) is 76.9 Å². The van der Waals surface area contributed by atoms with E-state index >= 15 is 0 Å². The van der Waals surface area contributed by atoms with E-state index in [2.05, 4.69) is 15.5 Å². The number of aryl methyl sites for hydroxylation is 4. The van der Waals surface area contributed by atoms with Gasteiger partial charge in [-0.2, -0.15) is 21.9 Å². The largest absolute Gasteiger partial charge is 3.00 e. The molecule has 4 aromatic carbocycles. The molecule has 357 valence electrons. The second-order valence-electron chi connectivity index (χ2n) is 14.7. The summed E-state index contributed by atoms with van der Waals surface area (Å²) < 4.78 is 65.5.